The highest BCUT2D eigenvalue weighted by molar-refractivity contribution is 5.88. The van der Waals surface area contributed by atoms with Gasteiger partial charge in [-0.25, -0.2) is 0 Å². The van der Waals surface area contributed by atoms with Crippen molar-refractivity contribution < 1.29 is 15.7 Å². The summed E-state index contributed by atoms with van der Waals surface area (Å²) in [7, 11) is 1.36. The summed E-state index contributed by atoms with van der Waals surface area (Å²) in [6.07, 6.45) is 2.17. The first-order valence-electron chi connectivity index (χ1n) is 7.23. The monoisotopic (exact) mass is 290 g/mol. The first-order chi connectivity index (χ1) is 10.6. The highest BCUT2D eigenvalue weighted by atomic mass is 16.5. The Labute approximate surface area is 124 Å². The smallest absolute Gasteiger partial charge is 0.325 e. The summed E-state index contributed by atoms with van der Waals surface area (Å²) in [4.78, 5) is 22.9. The van der Waals surface area contributed by atoms with Crippen LogP contribution in [0.25, 0.3) is 10.9 Å². The normalized spacial score (nSPS) is 12.8. The highest BCUT2D eigenvalue weighted by Crippen LogP contribution is 2.21. The number of aromatic nitrogens is 1. The molecule has 21 heavy (non-hydrogen) atoms. The van der Waals surface area contributed by atoms with E-state index in [4.69, 9.17) is 7.10 Å². The molecular weight excluding hydrogens is 270 g/mol. The van der Waals surface area contributed by atoms with E-state index in [1.54, 1.807) is 4.57 Å². The van der Waals surface area contributed by atoms with E-state index >= 15 is 0 Å². The molecule has 0 unspecified atom stereocenters. The second-order valence-corrected chi connectivity index (χ2v) is 4.75. The van der Waals surface area contributed by atoms with Gasteiger partial charge in [0, 0.05) is 25.5 Å². The predicted octanol–water partition coefficient (Wildman–Crippen LogP) is 0.337. The fourth-order valence-electron chi connectivity index (χ4n) is 2.18. The van der Waals surface area contributed by atoms with Gasteiger partial charge in [0.15, 0.2) is 0 Å². The average Bonchev–Trinajstić information content (AvgIpc) is 2.90. The SMILES string of the molecule is [2H]Cn1cc(C[C@H](N)C(=O)NCC(=O)OC)c2ccccc21. The Morgan fingerprint density at radius 3 is 2.95 bits per heavy atom. The Hall–Kier alpha value is -2.34. The van der Waals surface area contributed by atoms with Gasteiger partial charge < -0.3 is 20.4 Å². The van der Waals surface area contributed by atoms with E-state index in [-0.39, 0.29) is 13.6 Å². The van der Waals surface area contributed by atoms with Crippen molar-refractivity contribution in [1.82, 2.24) is 9.88 Å². The van der Waals surface area contributed by atoms with Gasteiger partial charge in [0.1, 0.15) is 6.54 Å². The molecule has 6 heteroatoms. The molecule has 0 radical (unpaired) electrons. The van der Waals surface area contributed by atoms with Crippen LogP contribution < -0.4 is 11.1 Å². The van der Waals surface area contributed by atoms with Crippen LogP contribution in [-0.2, 0) is 27.8 Å². The summed E-state index contributed by atoms with van der Waals surface area (Å²) in [5.74, 6) is -0.931. The summed E-state index contributed by atoms with van der Waals surface area (Å²) >= 11 is 0. The Morgan fingerprint density at radius 2 is 2.24 bits per heavy atom. The van der Waals surface area contributed by atoms with Crippen molar-refractivity contribution in [3.05, 3.63) is 36.0 Å². The molecule has 0 spiro atoms. The Balaban J connectivity index is 2.10. The van der Waals surface area contributed by atoms with E-state index in [1.807, 2.05) is 30.5 Å². The van der Waals surface area contributed by atoms with Crippen molar-refractivity contribution in [2.75, 3.05) is 13.7 Å². The van der Waals surface area contributed by atoms with Crippen LogP contribution in [0.1, 0.15) is 6.93 Å². The van der Waals surface area contributed by atoms with E-state index in [2.05, 4.69) is 10.1 Å². The van der Waals surface area contributed by atoms with Crippen molar-refractivity contribution in [1.29, 1.82) is 0 Å². The predicted molar refractivity (Wildman–Crippen MR) is 79.6 cm³/mol. The topological polar surface area (TPSA) is 86.4 Å². The molecule has 2 aromatic rings. The van der Waals surface area contributed by atoms with Crippen LogP contribution in [0.15, 0.2) is 30.5 Å². The van der Waals surface area contributed by atoms with Crippen LogP contribution in [0.3, 0.4) is 0 Å². The first kappa shape index (κ1) is 13.6. The number of nitrogens with two attached hydrogens (primary N) is 1. The van der Waals surface area contributed by atoms with Crippen LogP contribution in [0.2, 0.25) is 0 Å². The molecule has 3 N–H and O–H groups in total. The maximum absolute atomic E-state index is 11.9. The van der Waals surface area contributed by atoms with E-state index in [1.165, 1.54) is 7.11 Å². The minimum absolute atomic E-state index is 0.101. The second-order valence-electron chi connectivity index (χ2n) is 4.75. The number of para-hydroxylation sites is 1. The number of hydrogen-bond acceptors (Lipinski definition) is 4. The summed E-state index contributed by atoms with van der Waals surface area (Å²) in [6, 6.07) is 6.91. The maximum Gasteiger partial charge on any atom is 0.325 e. The van der Waals surface area contributed by atoms with E-state index in [0.717, 1.165) is 16.5 Å². The largest absolute Gasteiger partial charge is 0.468 e. The average molecular weight is 290 g/mol. The summed E-state index contributed by atoms with van der Waals surface area (Å²) < 4.78 is 13.8. The van der Waals surface area contributed by atoms with Crippen LogP contribution in [0, 0.1) is 0 Å². The Morgan fingerprint density at radius 1 is 1.48 bits per heavy atom. The van der Waals surface area contributed by atoms with Gasteiger partial charge >= 0.3 is 5.97 Å². The number of carbonyl (C=O) groups excluding carboxylic acids is 2. The van der Waals surface area contributed by atoms with Gasteiger partial charge in [-0.15, -0.1) is 0 Å². The number of esters is 1. The maximum atomic E-state index is 11.9. The van der Waals surface area contributed by atoms with Crippen LogP contribution in [0.5, 0.6) is 0 Å². The van der Waals surface area contributed by atoms with Crippen molar-refractivity contribution in [2.45, 2.75) is 12.5 Å². The summed E-state index contributed by atoms with van der Waals surface area (Å²) in [6.45, 7) is -0.197. The standard InChI is InChI=1S/C15H19N3O3/c1-18-9-10(11-5-3-4-6-13(11)18)7-12(16)15(20)17-8-14(19)21-2/h3-6,9,12H,7-8,16H2,1-2H3,(H,17,20)/t12-/m0/s1/i1D. The molecule has 1 atom stereocenters. The lowest BCUT2D eigenvalue weighted by Gasteiger charge is -2.11. The van der Waals surface area contributed by atoms with E-state index < -0.39 is 17.9 Å². The molecule has 0 saturated carbocycles. The number of ether oxygens (including phenoxy) is 1. The Kier molecular flexibility index (Phi) is 4.16. The number of methoxy groups -OCH3 is 1. The third-order valence-electron chi connectivity index (χ3n) is 3.28. The zero-order chi connectivity index (χ0) is 16.1. The molecule has 0 aliphatic rings. The zero-order valence-corrected chi connectivity index (χ0v) is 11.8. The van der Waals surface area contributed by atoms with Crippen molar-refractivity contribution in [2.24, 2.45) is 12.8 Å². The molecule has 6 nitrogen and oxygen atoms in total. The van der Waals surface area contributed by atoms with Crippen LogP contribution in [0.4, 0.5) is 0 Å². The number of nitrogens with zero attached hydrogens (tertiary/aromatic N) is 1. The first-order valence-corrected chi connectivity index (χ1v) is 6.53. The number of hydrogen-bond donors (Lipinski definition) is 2. The molecule has 1 aromatic carbocycles. The molecular formula is C15H19N3O3. The number of aryl methyl sites for hydroxylation is 1. The number of rotatable bonds is 5. The lowest BCUT2D eigenvalue weighted by atomic mass is 10.1. The fraction of sp³-hybridized carbons (Fsp3) is 0.333. The van der Waals surface area contributed by atoms with E-state index in [0.29, 0.717) is 6.42 Å². The molecule has 1 aromatic heterocycles. The quantitative estimate of drug-likeness (QED) is 0.777. The highest BCUT2D eigenvalue weighted by Gasteiger charge is 2.17. The molecule has 2 rings (SSSR count). The van der Waals surface area contributed by atoms with Gasteiger partial charge in [-0.05, 0) is 18.1 Å². The van der Waals surface area contributed by atoms with Gasteiger partial charge in [0.05, 0.1) is 13.2 Å². The lowest BCUT2D eigenvalue weighted by molar-refractivity contribution is -0.141. The van der Waals surface area contributed by atoms with Crippen LogP contribution >= 0.6 is 0 Å². The molecule has 0 fully saturated rings. The number of nitrogens with one attached hydrogen (secondary N) is 1. The van der Waals surface area contributed by atoms with Gasteiger partial charge in [-0.2, -0.15) is 0 Å². The Bertz CT molecular complexity index is 684. The molecule has 0 saturated heterocycles. The zero-order valence-electron chi connectivity index (χ0n) is 12.8. The molecule has 1 amide bonds. The minimum Gasteiger partial charge on any atom is -0.468 e. The molecule has 0 bridgehead atoms. The third-order valence-corrected chi connectivity index (χ3v) is 3.28. The number of benzene rings is 1. The van der Waals surface area contributed by atoms with Crippen molar-refractivity contribution >= 4 is 22.8 Å². The van der Waals surface area contributed by atoms with Crippen molar-refractivity contribution in [3.63, 3.8) is 0 Å². The van der Waals surface area contributed by atoms with Gasteiger partial charge in [-0.1, -0.05) is 18.2 Å². The van der Waals surface area contributed by atoms with Gasteiger partial charge in [0.2, 0.25) is 5.91 Å². The molecule has 112 valence electrons. The molecule has 1 heterocycles. The van der Waals surface area contributed by atoms with E-state index in [9.17, 15) is 9.59 Å². The second kappa shape index (κ2) is 6.41. The molecule has 0 aliphatic carbocycles. The van der Waals surface area contributed by atoms with Crippen LogP contribution in [-0.4, -0.2) is 36.1 Å². The number of carbonyl (C=O) groups is 2. The minimum atomic E-state index is -0.769. The van der Waals surface area contributed by atoms with Gasteiger partial charge in [-0.3, -0.25) is 9.59 Å². The number of amides is 1. The summed E-state index contributed by atoms with van der Waals surface area (Å²) in [5, 5.41) is 3.42. The summed E-state index contributed by atoms with van der Waals surface area (Å²) in [5.41, 5.74) is 7.74. The van der Waals surface area contributed by atoms with Gasteiger partial charge in [0.25, 0.3) is 0 Å². The van der Waals surface area contributed by atoms with Crippen molar-refractivity contribution in [3.8, 4) is 0 Å². The number of fused-ring (bicyclic) bond motifs is 1. The fourth-order valence-corrected chi connectivity index (χ4v) is 2.18. The molecule has 0 aliphatic heterocycles. The lowest BCUT2D eigenvalue weighted by Crippen LogP contribution is -2.44. The third kappa shape index (κ3) is 3.41.